The van der Waals surface area contributed by atoms with Crippen LogP contribution in [0.4, 0.5) is 5.69 Å². The molecule has 19 heavy (non-hydrogen) atoms. The van der Waals surface area contributed by atoms with Crippen LogP contribution in [0.15, 0.2) is 18.5 Å². The fourth-order valence-electron chi connectivity index (χ4n) is 1.39. The SMILES string of the molecule is COc1cc(OC)nc(OCCn2cc(N)cn2)n1. The predicted molar refractivity (Wildman–Crippen MR) is 67.3 cm³/mol. The molecular formula is C11H15N5O3. The molecule has 2 N–H and O–H groups in total. The number of anilines is 1. The van der Waals surface area contributed by atoms with Gasteiger partial charge in [-0.1, -0.05) is 0 Å². The van der Waals surface area contributed by atoms with Gasteiger partial charge in [-0.25, -0.2) is 0 Å². The molecule has 0 aliphatic rings. The van der Waals surface area contributed by atoms with Crippen LogP contribution in [-0.2, 0) is 6.54 Å². The van der Waals surface area contributed by atoms with E-state index in [9.17, 15) is 0 Å². The number of rotatable bonds is 6. The van der Waals surface area contributed by atoms with Crippen LogP contribution in [0.2, 0.25) is 0 Å². The normalized spacial score (nSPS) is 10.2. The van der Waals surface area contributed by atoms with Crippen molar-refractivity contribution in [3.8, 4) is 17.8 Å². The molecule has 2 aromatic rings. The van der Waals surface area contributed by atoms with Crippen LogP contribution < -0.4 is 19.9 Å². The Balaban J connectivity index is 1.95. The summed E-state index contributed by atoms with van der Waals surface area (Å²) in [5.41, 5.74) is 6.17. The van der Waals surface area contributed by atoms with E-state index < -0.39 is 0 Å². The molecule has 2 aromatic heterocycles. The van der Waals surface area contributed by atoms with Gasteiger partial charge in [0.15, 0.2) is 0 Å². The molecule has 0 amide bonds. The van der Waals surface area contributed by atoms with Crippen molar-refractivity contribution in [1.82, 2.24) is 19.7 Å². The van der Waals surface area contributed by atoms with Crippen LogP contribution in [-0.4, -0.2) is 40.6 Å². The minimum atomic E-state index is 0.191. The minimum Gasteiger partial charge on any atom is -0.481 e. The third kappa shape index (κ3) is 3.47. The zero-order valence-corrected chi connectivity index (χ0v) is 10.7. The topological polar surface area (TPSA) is 97.3 Å². The second kappa shape index (κ2) is 5.89. The number of methoxy groups -OCH3 is 2. The zero-order chi connectivity index (χ0) is 13.7. The van der Waals surface area contributed by atoms with Gasteiger partial charge >= 0.3 is 6.01 Å². The lowest BCUT2D eigenvalue weighted by atomic mass is 10.6. The molecule has 0 bridgehead atoms. The van der Waals surface area contributed by atoms with E-state index in [-0.39, 0.29) is 6.01 Å². The highest BCUT2D eigenvalue weighted by Gasteiger charge is 2.06. The summed E-state index contributed by atoms with van der Waals surface area (Å²) < 4.78 is 17.1. The van der Waals surface area contributed by atoms with Crippen molar-refractivity contribution in [3.63, 3.8) is 0 Å². The lowest BCUT2D eigenvalue weighted by Gasteiger charge is -2.07. The quantitative estimate of drug-likeness (QED) is 0.804. The monoisotopic (exact) mass is 265 g/mol. The van der Waals surface area contributed by atoms with Gasteiger partial charge < -0.3 is 19.9 Å². The van der Waals surface area contributed by atoms with Crippen LogP contribution in [0.3, 0.4) is 0 Å². The van der Waals surface area contributed by atoms with Crippen molar-refractivity contribution in [2.24, 2.45) is 0 Å². The van der Waals surface area contributed by atoms with E-state index in [4.69, 9.17) is 19.9 Å². The van der Waals surface area contributed by atoms with Crippen molar-refractivity contribution in [3.05, 3.63) is 18.5 Å². The highest BCUT2D eigenvalue weighted by atomic mass is 16.5. The highest BCUT2D eigenvalue weighted by Crippen LogP contribution is 2.18. The first kappa shape index (κ1) is 12.9. The Labute approximate surface area is 110 Å². The molecule has 102 valence electrons. The molecular weight excluding hydrogens is 250 g/mol. The van der Waals surface area contributed by atoms with Crippen LogP contribution in [0.1, 0.15) is 0 Å². The number of nitrogen functional groups attached to an aromatic ring is 1. The van der Waals surface area contributed by atoms with E-state index in [0.29, 0.717) is 30.6 Å². The van der Waals surface area contributed by atoms with Gasteiger partial charge in [0.25, 0.3) is 0 Å². The molecule has 8 heteroatoms. The maximum atomic E-state index is 5.56. The molecule has 0 saturated heterocycles. The van der Waals surface area contributed by atoms with Gasteiger partial charge in [0.05, 0.1) is 38.7 Å². The first-order chi connectivity index (χ1) is 9.21. The standard InChI is InChI=1S/C11H15N5O3/c1-17-9-5-10(18-2)15-11(14-9)19-4-3-16-7-8(12)6-13-16/h5-7H,3-4,12H2,1-2H3. The van der Waals surface area contributed by atoms with E-state index >= 15 is 0 Å². The third-order valence-corrected chi connectivity index (χ3v) is 2.28. The predicted octanol–water partition coefficient (Wildman–Crippen LogP) is 0.351. The van der Waals surface area contributed by atoms with Gasteiger partial charge in [0.2, 0.25) is 11.8 Å². The highest BCUT2D eigenvalue weighted by molar-refractivity contribution is 5.30. The second-order valence-electron chi connectivity index (χ2n) is 3.62. The molecule has 0 aliphatic carbocycles. The van der Waals surface area contributed by atoms with Crippen molar-refractivity contribution >= 4 is 5.69 Å². The molecule has 0 aromatic carbocycles. The molecule has 0 atom stereocenters. The van der Waals surface area contributed by atoms with Gasteiger partial charge in [-0.05, 0) is 0 Å². The van der Waals surface area contributed by atoms with Gasteiger partial charge in [0.1, 0.15) is 6.61 Å². The largest absolute Gasteiger partial charge is 0.481 e. The summed E-state index contributed by atoms with van der Waals surface area (Å²) in [6.45, 7) is 0.900. The van der Waals surface area contributed by atoms with Gasteiger partial charge in [-0.2, -0.15) is 15.1 Å². The Hall–Kier alpha value is -2.51. The summed E-state index contributed by atoms with van der Waals surface area (Å²) in [5, 5.41) is 4.04. The minimum absolute atomic E-state index is 0.191. The molecule has 0 aliphatic heterocycles. The summed E-state index contributed by atoms with van der Waals surface area (Å²) in [6, 6.07) is 1.76. The maximum Gasteiger partial charge on any atom is 0.323 e. The summed E-state index contributed by atoms with van der Waals surface area (Å²) in [6.07, 6.45) is 3.29. The van der Waals surface area contributed by atoms with Crippen molar-refractivity contribution in [2.75, 3.05) is 26.6 Å². The van der Waals surface area contributed by atoms with Crippen molar-refractivity contribution in [2.45, 2.75) is 6.54 Å². The zero-order valence-electron chi connectivity index (χ0n) is 10.7. The van der Waals surface area contributed by atoms with E-state index in [1.54, 1.807) is 23.1 Å². The third-order valence-electron chi connectivity index (χ3n) is 2.28. The Bertz CT molecular complexity index is 521. The average molecular weight is 265 g/mol. The van der Waals surface area contributed by atoms with Crippen LogP contribution in [0, 0.1) is 0 Å². The Kier molecular flexibility index (Phi) is 4.01. The van der Waals surface area contributed by atoms with E-state index in [1.165, 1.54) is 14.2 Å². The average Bonchev–Trinajstić information content (AvgIpc) is 2.84. The Morgan fingerprint density at radius 3 is 2.42 bits per heavy atom. The second-order valence-corrected chi connectivity index (χ2v) is 3.62. The summed E-state index contributed by atoms with van der Waals surface area (Å²) in [7, 11) is 3.02. The smallest absolute Gasteiger partial charge is 0.323 e. The fourth-order valence-corrected chi connectivity index (χ4v) is 1.39. The number of hydrogen-bond donors (Lipinski definition) is 1. The molecule has 0 saturated carbocycles. The Morgan fingerprint density at radius 2 is 1.89 bits per heavy atom. The summed E-state index contributed by atoms with van der Waals surface area (Å²) in [5.74, 6) is 0.760. The van der Waals surface area contributed by atoms with Crippen molar-refractivity contribution in [1.29, 1.82) is 0 Å². The van der Waals surface area contributed by atoms with Gasteiger partial charge in [0, 0.05) is 6.20 Å². The Morgan fingerprint density at radius 1 is 1.21 bits per heavy atom. The first-order valence-electron chi connectivity index (χ1n) is 5.59. The maximum absolute atomic E-state index is 5.56. The number of hydrogen-bond acceptors (Lipinski definition) is 7. The molecule has 0 radical (unpaired) electrons. The first-order valence-corrected chi connectivity index (χ1v) is 5.59. The molecule has 0 unspecified atom stereocenters. The van der Waals surface area contributed by atoms with E-state index in [2.05, 4.69) is 15.1 Å². The summed E-state index contributed by atoms with van der Waals surface area (Å²) >= 11 is 0. The van der Waals surface area contributed by atoms with E-state index in [1.807, 2.05) is 0 Å². The molecule has 8 nitrogen and oxygen atoms in total. The van der Waals surface area contributed by atoms with E-state index in [0.717, 1.165) is 0 Å². The number of aromatic nitrogens is 4. The lowest BCUT2D eigenvalue weighted by molar-refractivity contribution is 0.258. The lowest BCUT2D eigenvalue weighted by Crippen LogP contribution is -2.10. The van der Waals surface area contributed by atoms with Crippen LogP contribution in [0.25, 0.3) is 0 Å². The van der Waals surface area contributed by atoms with Crippen LogP contribution in [0.5, 0.6) is 17.8 Å². The molecule has 0 spiro atoms. The number of ether oxygens (including phenoxy) is 3. The fraction of sp³-hybridized carbons (Fsp3) is 0.364. The molecule has 0 fully saturated rings. The van der Waals surface area contributed by atoms with Gasteiger partial charge in [-0.3, -0.25) is 4.68 Å². The summed E-state index contributed by atoms with van der Waals surface area (Å²) in [4.78, 5) is 8.09. The number of nitrogens with zero attached hydrogens (tertiary/aromatic N) is 4. The molecule has 2 heterocycles. The van der Waals surface area contributed by atoms with Gasteiger partial charge in [-0.15, -0.1) is 0 Å². The van der Waals surface area contributed by atoms with Crippen molar-refractivity contribution < 1.29 is 14.2 Å². The molecule has 2 rings (SSSR count). The van der Waals surface area contributed by atoms with Crippen LogP contribution >= 0.6 is 0 Å². The number of nitrogens with two attached hydrogens (primary N) is 1.